The summed E-state index contributed by atoms with van der Waals surface area (Å²) in [4.78, 5) is 17.1. The Labute approximate surface area is 244 Å². The summed E-state index contributed by atoms with van der Waals surface area (Å²) in [6, 6.07) is 3.19. The van der Waals surface area contributed by atoms with Crippen LogP contribution in [0.3, 0.4) is 0 Å². The van der Waals surface area contributed by atoms with Crippen molar-refractivity contribution in [3.8, 4) is 0 Å². The molecule has 2 aromatic rings. The molecule has 1 amide bonds. The van der Waals surface area contributed by atoms with Crippen LogP contribution in [0.5, 0.6) is 0 Å². The Hall–Kier alpha value is -2.74. The lowest BCUT2D eigenvalue weighted by Crippen LogP contribution is -2.56. The predicted octanol–water partition coefficient (Wildman–Crippen LogP) is 6.17. The number of carbonyl (C=O) groups is 1. The minimum absolute atomic E-state index is 0.00332. The Morgan fingerprint density at radius 1 is 0.860 bits per heavy atom. The predicted molar refractivity (Wildman–Crippen MR) is 143 cm³/mol. The van der Waals surface area contributed by atoms with Crippen LogP contribution in [0, 0.1) is 11.6 Å². The average Bonchev–Trinajstić information content (AvgIpc) is 2.90. The third-order valence-electron chi connectivity index (χ3n) is 8.67. The van der Waals surface area contributed by atoms with E-state index in [4.69, 9.17) is 0 Å². The second kappa shape index (κ2) is 11.6. The summed E-state index contributed by atoms with van der Waals surface area (Å²) in [5.41, 5.74) is -5.34. The molecule has 2 aromatic carbocycles. The number of hydrogen-bond donors (Lipinski definition) is 0. The molecule has 2 aliphatic rings. The maximum atomic E-state index is 15.1. The summed E-state index contributed by atoms with van der Waals surface area (Å²) in [5.74, 6) is -3.22. The Bertz CT molecular complexity index is 1430. The molecule has 0 bridgehead atoms. The average molecular weight is 641 g/mol. The zero-order chi connectivity index (χ0) is 32.1. The standard InChI is InChI=1S/C29H32F8N2O3S/c1-27(2,17-12-18(28(32,33)34)14-19(13-17)29(35,36)37)26(40)38(3)25-6-9-39(21-7-10-43(41,42)11-8-21)16-23(25)22-5-4-20(30)15-24(22)31/h4-5,12-15,21,23,25H,6-11,16H2,1-3H3/t23-,25+/m0/s1. The number of carbonyl (C=O) groups excluding carboxylic acids is 1. The number of likely N-dealkylation sites (tertiary alicyclic amines) is 1. The van der Waals surface area contributed by atoms with Gasteiger partial charge in [0.1, 0.15) is 21.5 Å². The van der Waals surface area contributed by atoms with Crippen molar-refractivity contribution in [3.63, 3.8) is 0 Å². The Kier molecular flexibility index (Phi) is 8.98. The highest BCUT2D eigenvalue weighted by atomic mass is 32.2. The second-order valence-corrected chi connectivity index (χ2v) is 14.1. The maximum Gasteiger partial charge on any atom is 0.416 e. The molecule has 0 spiro atoms. The smallest absolute Gasteiger partial charge is 0.341 e. The molecule has 43 heavy (non-hydrogen) atoms. The van der Waals surface area contributed by atoms with Crippen molar-refractivity contribution >= 4 is 15.7 Å². The molecule has 2 fully saturated rings. The first-order valence-electron chi connectivity index (χ1n) is 13.7. The molecule has 238 valence electrons. The van der Waals surface area contributed by atoms with E-state index in [-0.39, 0.29) is 42.1 Å². The van der Waals surface area contributed by atoms with Crippen molar-refractivity contribution < 1.29 is 48.3 Å². The highest BCUT2D eigenvalue weighted by Gasteiger charge is 2.44. The zero-order valence-electron chi connectivity index (χ0n) is 23.7. The third-order valence-corrected chi connectivity index (χ3v) is 10.4. The quantitative estimate of drug-likeness (QED) is 0.367. The van der Waals surface area contributed by atoms with E-state index >= 15 is 4.39 Å². The third kappa shape index (κ3) is 7.16. The van der Waals surface area contributed by atoms with Crippen LogP contribution in [0.15, 0.2) is 36.4 Å². The summed E-state index contributed by atoms with van der Waals surface area (Å²) >= 11 is 0. The van der Waals surface area contributed by atoms with Crippen molar-refractivity contribution in [2.45, 2.75) is 68.9 Å². The van der Waals surface area contributed by atoms with Crippen molar-refractivity contribution in [1.29, 1.82) is 0 Å². The number of likely N-dealkylation sites (N-methyl/N-ethyl adjacent to an activating group) is 1. The number of hydrogen-bond acceptors (Lipinski definition) is 4. The molecule has 0 saturated carbocycles. The van der Waals surface area contributed by atoms with Gasteiger partial charge in [0.2, 0.25) is 5.91 Å². The van der Waals surface area contributed by atoms with Crippen LogP contribution in [0.1, 0.15) is 61.3 Å². The molecule has 0 radical (unpaired) electrons. The number of rotatable bonds is 5. The van der Waals surface area contributed by atoms with Crippen molar-refractivity contribution in [1.82, 2.24) is 9.80 Å². The summed E-state index contributed by atoms with van der Waals surface area (Å²) in [7, 11) is -1.79. The fourth-order valence-corrected chi connectivity index (χ4v) is 7.61. The molecule has 0 aliphatic carbocycles. The largest absolute Gasteiger partial charge is 0.416 e. The normalized spacial score (nSPS) is 22.4. The van der Waals surface area contributed by atoms with E-state index in [2.05, 4.69) is 0 Å². The van der Waals surface area contributed by atoms with E-state index in [1.54, 1.807) is 0 Å². The number of amides is 1. The van der Waals surface area contributed by atoms with Gasteiger partial charge in [-0.2, -0.15) is 26.3 Å². The Morgan fingerprint density at radius 3 is 1.91 bits per heavy atom. The number of nitrogens with zero attached hydrogens (tertiary/aromatic N) is 2. The molecule has 5 nitrogen and oxygen atoms in total. The minimum atomic E-state index is -5.10. The van der Waals surface area contributed by atoms with Crippen molar-refractivity contribution in [2.24, 2.45) is 0 Å². The molecule has 14 heteroatoms. The van der Waals surface area contributed by atoms with Crippen LogP contribution in [-0.2, 0) is 32.4 Å². The number of halogens is 8. The van der Waals surface area contributed by atoms with Gasteiger partial charge in [-0.25, -0.2) is 17.2 Å². The van der Waals surface area contributed by atoms with Crippen molar-refractivity contribution in [2.75, 3.05) is 31.6 Å². The van der Waals surface area contributed by atoms with Gasteiger partial charge in [0.15, 0.2) is 0 Å². The van der Waals surface area contributed by atoms with Crippen LogP contribution in [0.25, 0.3) is 0 Å². The fraction of sp³-hybridized carbons (Fsp3) is 0.552. The summed E-state index contributed by atoms with van der Waals surface area (Å²) in [6.45, 7) is 3.02. The highest BCUT2D eigenvalue weighted by Crippen LogP contribution is 2.41. The lowest BCUT2D eigenvalue weighted by molar-refractivity contribution is -0.144. The summed E-state index contributed by atoms with van der Waals surface area (Å²) in [5, 5.41) is 0. The van der Waals surface area contributed by atoms with Crippen molar-refractivity contribution in [3.05, 3.63) is 70.3 Å². The van der Waals surface area contributed by atoms with Gasteiger partial charge in [-0.15, -0.1) is 0 Å². The van der Waals surface area contributed by atoms with Gasteiger partial charge >= 0.3 is 12.4 Å². The van der Waals surface area contributed by atoms with E-state index in [9.17, 15) is 43.9 Å². The molecule has 4 rings (SSSR count). The monoisotopic (exact) mass is 640 g/mol. The zero-order valence-corrected chi connectivity index (χ0v) is 24.5. The van der Waals surface area contributed by atoms with Crippen LogP contribution in [0.4, 0.5) is 35.1 Å². The van der Waals surface area contributed by atoms with Gasteiger partial charge in [-0.05, 0) is 68.5 Å². The van der Waals surface area contributed by atoms with Crippen LogP contribution < -0.4 is 0 Å². The molecule has 2 saturated heterocycles. The molecular weight excluding hydrogens is 608 g/mol. The SMILES string of the molecule is CN(C(=O)C(C)(C)c1cc(C(F)(F)F)cc(C(F)(F)F)c1)[C@@H]1CCN(C2CCS(=O)(=O)CC2)C[C@H]1c1ccc(F)cc1F. The first kappa shape index (κ1) is 33.2. The lowest BCUT2D eigenvalue weighted by atomic mass is 9.79. The number of benzene rings is 2. The minimum Gasteiger partial charge on any atom is -0.341 e. The van der Waals surface area contributed by atoms with Gasteiger partial charge < -0.3 is 4.90 Å². The fourth-order valence-electron chi connectivity index (χ4n) is 6.14. The molecule has 0 unspecified atom stereocenters. The number of piperidine rings is 1. The van der Waals surface area contributed by atoms with E-state index in [0.29, 0.717) is 37.6 Å². The van der Waals surface area contributed by atoms with Gasteiger partial charge in [-0.1, -0.05) is 6.07 Å². The lowest BCUT2D eigenvalue weighted by Gasteiger charge is -2.47. The number of alkyl halides is 6. The van der Waals surface area contributed by atoms with E-state index in [1.165, 1.54) is 31.9 Å². The topological polar surface area (TPSA) is 57.7 Å². The van der Waals surface area contributed by atoms with Crippen LogP contribution in [0.2, 0.25) is 0 Å². The van der Waals surface area contributed by atoms with Crippen LogP contribution in [-0.4, -0.2) is 67.9 Å². The van der Waals surface area contributed by atoms with E-state index in [1.807, 2.05) is 4.90 Å². The molecule has 0 aromatic heterocycles. The summed E-state index contributed by atoms with van der Waals surface area (Å²) in [6.07, 6.45) is -9.22. The molecule has 0 N–H and O–H groups in total. The molecule has 2 aliphatic heterocycles. The first-order valence-corrected chi connectivity index (χ1v) is 15.5. The Balaban J connectivity index is 1.68. The van der Waals surface area contributed by atoms with Gasteiger partial charge in [0.25, 0.3) is 0 Å². The molecular formula is C29H32F8N2O3S. The second-order valence-electron chi connectivity index (χ2n) is 11.8. The van der Waals surface area contributed by atoms with Crippen LogP contribution >= 0.6 is 0 Å². The van der Waals surface area contributed by atoms with Gasteiger partial charge in [-0.3, -0.25) is 9.69 Å². The molecule has 2 heterocycles. The Morgan fingerprint density at radius 2 is 1.40 bits per heavy atom. The number of sulfone groups is 1. The molecule has 2 atom stereocenters. The van der Waals surface area contributed by atoms with Gasteiger partial charge in [0.05, 0.1) is 28.0 Å². The summed E-state index contributed by atoms with van der Waals surface area (Å²) < 4.78 is 134. The highest BCUT2D eigenvalue weighted by molar-refractivity contribution is 7.91. The maximum absolute atomic E-state index is 15.1. The van der Waals surface area contributed by atoms with Gasteiger partial charge in [0, 0.05) is 44.2 Å². The first-order chi connectivity index (χ1) is 19.7. The van der Waals surface area contributed by atoms with E-state index in [0.717, 1.165) is 6.07 Å². The van der Waals surface area contributed by atoms with E-state index < -0.39 is 73.8 Å².